The van der Waals surface area contributed by atoms with Crippen LogP contribution in [0.15, 0.2) is 35.6 Å². The minimum absolute atomic E-state index is 0.0631. The van der Waals surface area contributed by atoms with Gasteiger partial charge in [-0.15, -0.1) is 0 Å². The van der Waals surface area contributed by atoms with Gasteiger partial charge in [0, 0.05) is 32.4 Å². The Labute approximate surface area is 170 Å². The SMILES string of the molecule is Cc1ncncc1C(=O)N1CCc2ccc(S(=O)(=O)NC[C@@H]3CCCO3)cc2C1. The standard InChI is InChI=1S/C20H24N4O4S/c1-14-19(11-21-13-22-14)20(25)24-7-6-15-4-5-18(9-16(15)12-24)29(26,27)23-10-17-3-2-8-28-17/h4-5,9,11,13,17,23H,2-3,6-8,10,12H2,1H3/t17-/m0/s1. The van der Waals surface area contributed by atoms with Crippen molar-refractivity contribution in [2.75, 3.05) is 19.7 Å². The van der Waals surface area contributed by atoms with Gasteiger partial charge in [-0.2, -0.15) is 0 Å². The van der Waals surface area contributed by atoms with Gasteiger partial charge in [-0.05, 0) is 49.4 Å². The van der Waals surface area contributed by atoms with Gasteiger partial charge < -0.3 is 9.64 Å². The number of ether oxygens (including phenoxy) is 1. The lowest BCUT2D eigenvalue weighted by Gasteiger charge is -2.29. The van der Waals surface area contributed by atoms with Crippen LogP contribution in [0, 0.1) is 6.92 Å². The van der Waals surface area contributed by atoms with Crippen LogP contribution in [0.3, 0.4) is 0 Å². The normalized spacial score (nSPS) is 19.2. The Morgan fingerprint density at radius 3 is 2.97 bits per heavy atom. The third-order valence-corrected chi connectivity index (χ3v) is 6.88. The maximum atomic E-state index is 12.9. The van der Waals surface area contributed by atoms with E-state index in [1.54, 1.807) is 24.0 Å². The van der Waals surface area contributed by atoms with Gasteiger partial charge in [0.1, 0.15) is 6.33 Å². The molecule has 0 unspecified atom stereocenters. The van der Waals surface area contributed by atoms with Crippen molar-refractivity contribution in [3.8, 4) is 0 Å². The fourth-order valence-electron chi connectivity index (χ4n) is 3.74. The summed E-state index contributed by atoms with van der Waals surface area (Å²) in [6.45, 7) is 3.66. The molecule has 29 heavy (non-hydrogen) atoms. The summed E-state index contributed by atoms with van der Waals surface area (Å²) in [5.41, 5.74) is 3.01. The van der Waals surface area contributed by atoms with Crippen molar-refractivity contribution in [2.45, 2.75) is 43.7 Å². The summed E-state index contributed by atoms with van der Waals surface area (Å²) >= 11 is 0. The maximum absolute atomic E-state index is 12.9. The first-order valence-electron chi connectivity index (χ1n) is 9.73. The van der Waals surface area contributed by atoms with Gasteiger partial charge in [0.25, 0.3) is 5.91 Å². The predicted molar refractivity (Wildman–Crippen MR) is 106 cm³/mol. The first-order chi connectivity index (χ1) is 13.9. The van der Waals surface area contributed by atoms with Gasteiger partial charge in [-0.3, -0.25) is 4.79 Å². The number of amides is 1. The minimum atomic E-state index is -3.63. The summed E-state index contributed by atoms with van der Waals surface area (Å²) < 4.78 is 33.5. The van der Waals surface area contributed by atoms with Crippen molar-refractivity contribution in [2.24, 2.45) is 0 Å². The van der Waals surface area contributed by atoms with Crippen LogP contribution < -0.4 is 4.72 Å². The van der Waals surface area contributed by atoms with Crippen molar-refractivity contribution in [3.05, 3.63) is 53.1 Å². The van der Waals surface area contributed by atoms with E-state index in [1.807, 2.05) is 6.07 Å². The molecule has 1 aromatic heterocycles. The molecule has 0 aliphatic carbocycles. The number of nitrogens with zero attached hydrogens (tertiary/aromatic N) is 3. The Bertz CT molecular complexity index is 1020. The second-order valence-electron chi connectivity index (χ2n) is 7.42. The predicted octanol–water partition coefficient (Wildman–Crippen LogP) is 1.44. The minimum Gasteiger partial charge on any atom is -0.377 e. The van der Waals surface area contributed by atoms with E-state index in [0.29, 0.717) is 37.4 Å². The number of carbonyl (C=O) groups excluding carboxylic acids is 1. The molecule has 154 valence electrons. The van der Waals surface area contributed by atoms with Crippen molar-refractivity contribution in [1.29, 1.82) is 0 Å². The van der Waals surface area contributed by atoms with Crippen LogP contribution in [0.25, 0.3) is 0 Å². The maximum Gasteiger partial charge on any atom is 0.257 e. The molecule has 0 radical (unpaired) electrons. The molecule has 2 aliphatic heterocycles. The van der Waals surface area contributed by atoms with Crippen molar-refractivity contribution in [3.63, 3.8) is 0 Å². The van der Waals surface area contributed by atoms with E-state index in [0.717, 1.165) is 24.0 Å². The van der Waals surface area contributed by atoms with Crippen molar-refractivity contribution >= 4 is 15.9 Å². The third-order valence-electron chi connectivity index (χ3n) is 5.45. The lowest BCUT2D eigenvalue weighted by molar-refractivity contribution is 0.0733. The molecule has 0 saturated carbocycles. The highest BCUT2D eigenvalue weighted by molar-refractivity contribution is 7.89. The van der Waals surface area contributed by atoms with Gasteiger partial charge in [0.15, 0.2) is 0 Å². The summed E-state index contributed by atoms with van der Waals surface area (Å²) in [5, 5.41) is 0. The molecule has 8 nitrogen and oxygen atoms in total. The fraction of sp³-hybridized carbons (Fsp3) is 0.450. The molecule has 2 aliphatic rings. The summed E-state index contributed by atoms with van der Waals surface area (Å²) in [6.07, 6.45) is 5.38. The molecule has 1 amide bonds. The van der Waals surface area contributed by atoms with E-state index in [9.17, 15) is 13.2 Å². The molecular formula is C20H24N4O4S. The van der Waals surface area contributed by atoms with Crippen molar-refractivity contribution < 1.29 is 17.9 Å². The summed E-state index contributed by atoms with van der Waals surface area (Å²) in [5.74, 6) is -0.140. The Kier molecular flexibility index (Phi) is 5.62. The fourth-order valence-corrected chi connectivity index (χ4v) is 4.85. The van der Waals surface area contributed by atoms with E-state index in [1.165, 1.54) is 12.5 Å². The van der Waals surface area contributed by atoms with Crippen LogP contribution in [0.1, 0.15) is 40.0 Å². The van der Waals surface area contributed by atoms with Crippen molar-refractivity contribution in [1.82, 2.24) is 19.6 Å². The first kappa shape index (κ1) is 19.9. The molecule has 1 N–H and O–H groups in total. The molecule has 1 atom stereocenters. The van der Waals surface area contributed by atoms with E-state index >= 15 is 0 Å². The zero-order chi connectivity index (χ0) is 20.4. The van der Waals surface area contributed by atoms with Gasteiger partial charge in [-0.25, -0.2) is 23.1 Å². The second-order valence-corrected chi connectivity index (χ2v) is 9.18. The van der Waals surface area contributed by atoms with Gasteiger partial charge in [-0.1, -0.05) is 6.07 Å². The molecule has 2 aromatic rings. The highest BCUT2D eigenvalue weighted by Gasteiger charge is 2.26. The van der Waals surface area contributed by atoms with Crippen LogP contribution >= 0.6 is 0 Å². The molecule has 9 heteroatoms. The highest BCUT2D eigenvalue weighted by Crippen LogP contribution is 2.24. The number of aromatic nitrogens is 2. The molecule has 1 saturated heterocycles. The second kappa shape index (κ2) is 8.17. The largest absolute Gasteiger partial charge is 0.377 e. The van der Waals surface area contributed by atoms with Crippen LogP contribution in [-0.2, 0) is 27.7 Å². The first-order valence-corrected chi connectivity index (χ1v) is 11.2. The Balaban J connectivity index is 1.50. The molecule has 0 spiro atoms. The Morgan fingerprint density at radius 2 is 2.21 bits per heavy atom. The topological polar surface area (TPSA) is 101 Å². The number of nitrogens with one attached hydrogen (secondary N) is 1. The molecule has 0 bridgehead atoms. The smallest absolute Gasteiger partial charge is 0.257 e. The Hall–Kier alpha value is -2.36. The van der Waals surface area contributed by atoms with Gasteiger partial charge in [0.05, 0.1) is 22.3 Å². The average molecular weight is 417 g/mol. The van der Waals surface area contributed by atoms with Crippen LogP contribution in [-0.4, -0.2) is 55.0 Å². The van der Waals surface area contributed by atoms with E-state index in [2.05, 4.69) is 14.7 Å². The van der Waals surface area contributed by atoms with Crippen LogP contribution in [0.2, 0.25) is 0 Å². The number of carbonyl (C=O) groups is 1. The monoisotopic (exact) mass is 416 g/mol. The molecule has 1 fully saturated rings. The highest BCUT2D eigenvalue weighted by atomic mass is 32.2. The van der Waals surface area contributed by atoms with Gasteiger partial charge >= 0.3 is 0 Å². The third kappa shape index (κ3) is 4.31. The number of aryl methyl sites for hydroxylation is 1. The number of hydrogen-bond donors (Lipinski definition) is 1. The summed E-state index contributed by atoms with van der Waals surface area (Å²) in [7, 11) is -3.63. The Morgan fingerprint density at radius 1 is 1.34 bits per heavy atom. The molecular weight excluding hydrogens is 392 g/mol. The number of benzene rings is 1. The molecule has 4 rings (SSSR count). The van der Waals surface area contributed by atoms with Crippen LogP contribution in [0.4, 0.5) is 0 Å². The number of sulfonamides is 1. The lowest BCUT2D eigenvalue weighted by Crippen LogP contribution is -2.37. The van der Waals surface area contributed by atoms with E-state index < -0.39 is 10.0 Å². The number of fused-ring (bicyclic) bond motifs is 1. The van der Waals surface area contributed by atoms with Crippen LogP contribution in [0.5, 0.6) is 0 Å². The molecule has 1 aromatic carbocycles. The quantitative estimate of drug-likeness (QED) is 0.791. The number of hydrogen-bond acceptors (Lipinski definition) is 6. The number of rotatable bonds is 5. The average Bonchev–Trinajstić information content (AvgIpc) is 3.25. The van der Waals surface area contributed by atoms with E-state index in [4.69, 9.17) is 4.74 Å². The zero-order valence-corrected chi connectivity index (χ0v) is 17.1. The summed E-state index contributed by atoms with van der Waals surface area (Å²) in [6, 6.07) is 5.14. The van der Waals surface area contributed by atoms with Gasteiger partial charge in [0.2, 0.25) is 10.0 Å². The molecule has 3 heterocycles. The van der Waals surface area contributed by atoms with E-state index in [-0.39, 0.29) is 23.5 Å². The lowest BCUT2D eigenvalue weighted by atomic mass is 9.99. The zero-order valence-electron chi connectivity index (χ0n) is 16.3. The summed E-state index contributed by atoms with van der Waals surface area (Å²) in [4.78, 5) is 22.8.